The molecule has 24 heavy (non-hydrogen) atoms. The predicted molar refractivity (Wildman–Crippen MR) is 105 cm³/mol. The summed E-state index contributed by atoms with van der Waals surface area (Å²) in [6.45, 7) is 7.29. The summed E-state index contributed by atoms with van der Waals surface area (Å²) in [5, 5.41) is 0. The molecule has 2 heteroatoms. The molecule has 0 aliphatic heterocycles. The van der Waals surface area contributed by atoms with Gasteiger partial charge in [0.1, 0.15) is 0 Å². The monoisotopic (exact) mass is 340 g/mol. The summed E-state index contributed by atoms with van der Waals surface area (Å²) in [4.78, 5) is 11.6. The van der Waals surface area contributed by atoms with Crippen molar-refractivity contribution in [1.82, 2.24) is 0 Å². The second-order valence-corrected chi connectivity index (χ2v) is 7.38. The van der Waals surface area contributed by atoms with Crippen molar-refractivity contribution in [2.75, 3.05) is 6.61 Å². The van der Waals surface area contributed by atoms with Crippen LogP contribution in [-0.2, 0) is 9.53 Å². The topological polar surface area (TPSA) is 26.3 Å². The molecular weight excluding hydrogens is 296 g/mol. The van der Waals surface area contributed by atoms with Crippen molar-refractivity contribution < 1.29 is 9.53 Å². The second kappa shape index (κ2) is 18.8. The van der Waals surface area contributed by atoms with Crippen LogP contribution in [-0.4, -0.2) is 12.6 Å². The lowest BCUT2D eigenvalue weighted by Crippen LogP contribution is -2.10. The first-order valence-corrected chi connectivity index (χ1v) is 10.9. The van der Waals surface area contributed by atoms with Gasteiger partial charge in [-0.3, -0.25) is 4.79 Å². The Kier molecular flexibility index (Phi) is 18.4. The number of esters is 1. The van der Waals surface area contributed by atoms with Crippen molar-refractivity contribution in [3.63, 3.8) is 0 Å². The van der Waals surface area contributed by atoms with Crippen molar-refractivity contribution in [3.05, 3.63) is 0 Å². The number of hydrogen-bond acceptors (Lipinski definition) is 2. The maximum atomic E-state index is 11.6. The molecule has 0 bridgehead atoms. The molecule has 1 unspecified atom stereocenters. The minimum atomic E-state index is 0.00106. The largest absolute Gasteiger partial charge is 0.466 e. The highest BCUT2D eigenvalue weighted by molar-refractivity contribution is 5.69. The predicted octanol–water partition coefficient (Wildman–Crippen LogP) is 7.45. The van der Waals surface area contributed by atoms with Crippen LogP contribution in [0.3, 0.4) is 0 Å². The van der Waals surface area contributed by atoms with Crippen LogP contribution in [0.25, 0.3) is 0 Å². The molecule has 0 aromatic carbocycles. The fourth-order valence-electron chi connectivity index (χ4n) is 3.24. The Hall–Kier alpha value is -0.530. The molecule has 2 nitrogen and oxygen atoms in total. The Morgan fingerprint density at radius 2 is 1.17 bits per heavy atom. The molecular formula is C22H44O2. The highest BCUT2D eigenvalue weighted by atomic mass is 16.5. The quantitative estimate of drug-likeness (QED) is 0.191. The van der Waals surface area contributed by atoms with Crippen LogP contribution in [0.1, 0.15) is 124 Å². The van der Waals surface area contributed by atoms with Crippen molar-refractivity contribution in [3.8, 4) is 0 Å². The van der Waals surface area contributed by atoms with Gasteiger partial charge in [0.25, 0.3) is 0 Å². The Labute approximate surface area is 152 Å². The average molecular weight is 341 g/mol. The van der Waals surface area contributed by atoms with Crippen LogP contribution < -0.4 is 0 Å². The van der Waals surface area contributed by atoms with E-state index in [1.54, 1.807) is 0 Å². The molecule has 1 atom stereocenters. The number of hydrogen-bond donors (Lipinski definition) is 0. The number of ether oxygens (including phenoxy) is 1. The lowest BCUT2D eigenvalue weighted by atomic mass is 9.92. The SMILES string of the molecule is CCCCCCCCC(CCCCCC)CCOC(=O)CCCC. The molecule has 0 saturated carbocycles. The standard InChI is InChI=1S/C22H44O2/c1-4-7-10-12-13-15-17-21(16-14-11-8-5-2)19-20-24-22(23)18-9-6-3/h21H,4-20H2,1-3H3. The highest BCUT2D eigenvalue weighted by Crippen LogP contribution is 2.22. The molecule has 144 valence electrons. The minimum Gasteiger partial charge on any atom is -0.466 e. The van der Waals surface area contributed by atoms with Crippen molar-refractivity contribution in [2.45, 2.75) is 124 Å². The van der Waals surface area contributed by atoms with E-state index in [2.05, 4.69) is 20.8 Å². The zero-order valence-corrected chi connectivity index (χ0v) is 16.9. The second-order valence-electron chi connectivity index (χ2n) is 7.38. The van der Waals surface area contributed by atoms with E-state index in [1.807, 2.05) is 0 Å². The van der Waals surface area contributed by atoms with Crippen LogP contribution in [0.4, 0.5) is 0 Å². The molecule has 0 spiro atoms. The van der Waals surface area contributed by atoms with Gasteiger partial charge in [0.05, 0.1) is 6.61 Å². The molecule has 0 aromatic rings. The van der Waals surface area contributed by atoms with Gasteiger partial charge >= 0.3 is 5.97 Å². The van der Waals surface area contributed by atoms with E-state index in [4.69, 9.17) is 4.74 Å². The van der Waals surface area contributed by atoms with E-state index in [0.717, 1.165) is 25.2 Å². The lowest BCUT2D eigenvalue weighted by Gasteiger charge is -2.17. The van der Waals surface area contributed by atoms with Gasteiger partial charge in [0, 0.05) is 6.42 Å². The average Bonchev–Trinajstić information content (AvgIpc) is 2.59. The molecule has 0 saturated heterocycles. The summed E-state index contributed by atoms with van der Waals surface area (Å²) in [5.41, 5.74) is 0. The van der Waals surface area contributed by atoms with Gasteiger partial charge in [-0.2, -0.15) is 0 Å². The summed E-state index contributed by atoms with van der Waals surface area (Å²) in [7, 11) is 0. The van der Waals surface area contributed by atoms with Crippen molar-refractivity contribution in [1.29, 1.82) is 0 Å². The minimum absolute atomic E-state index is 0.00106. The molecule has 0 aliphatic rings. The first-order valence-electron chi connectivity index (χ1n) is 10.9. The molecule has 0 rings (SSSR count). The summed E-state index contributed by atoms with van der Waals surface area (Å²) in [5.74, 6) is 0.758. The van der Waals surface area contributed by atoms with E-state index >= 15 is 0 Å². The summed E-state index contributed by atoms with van der Waals surface area (Å²) < 4.78 is 5.42. The van der Waals surface area contributed by atoms with Crippen LogP contribution >= 0.6 is 0 Å². The number of rotatable bonds is 18. The molecule has 0 amide bonds. The first-order chi connectivity index (χ1) is 11.7. The number of carbonyl (C=O) groups is 1. The van der Waals surface area contributed by atoms with Crippen LogP contribution in [0, 0.1) is 5.92 Å². The van der Waals surface area contributed by atoms with E-state index in [1.165, 1.54) is 77.0 Å². The lowest BCUT2D eigenvalue weighted by molar-refractivity contribution is -0.144. The molecule has 0 aromatic heterocycles. The maximum Gasteiger partial charge on any atom is 0.305 e. The normalized spacial score (nSPS) is 12.3. The Morgan fingerprint density at radius 3 is 1.75 bits per heavy atom. The third-order valence-corrected chi connectivity index (χ3v) is 4.96. The van der Waals surface area contributed by atoms with Gasteiger partial charge < -0.3 is 4.74 Å². The first kappa shape index (κ1) is 23.5. The van der Waals surface area contributed by atoms with Gasteiger partial charge in [0.15, 0.2) is 0 Å². The van der Waals surface area contributed by atoms with Gasteiger partial charge in [-0.25, -0.2) is 0 Å². The van der Waals surface area contributed by atoms with Gasteiger partial charge in [-0.05, 0) is 18.8 Å². The number of unbranched alkanes of at least 4 members (excludes halogenated alkanes) is 9. The van der Waals surface area contributed by atoms with Gasteiger partial charge in [-0.1, -0.05) is 104 Å². The van der Waals surface area contributed by atoms with Crippen molar-refractivity contribution in [2.24, 2.45) is 5.92 Å². The Balaban J connectivity index is 3.88. The van der Waals surface area contributed by atoms with E-state index in [0.29, 0.717) is 13.0 Å². The molecule has 0 N–H and O–H groups in total. The zero-order chi connectivity index (χ0) is 17.9. The fourth-order valence-corrected chi connectivity index (χ4v) is 3.24. The maximum absolute atomic E-state index is 11.6. The molecule has 0 heterocycles. The van der Waals surface area contributed by atoms with Crippen molar-refractivity contribution >= 4 is 5.97 Å². The van der Waals surface area contributed by atoms with Crippen LogP contribution in [0.2, 0.25) is 0 Å². The van der Waals surface area contributed by atoms with Crippen LogP contribution in [0.5, 0.6) is 0 Å². The highest BCUT2D eigenvalue weighted by Gasteiger charge is 2.10. The summed E-state index contributed by atoms with van der Waals surface area (Å²) >= 11 is 0. The smallest absolute Gasteiger partial charge is 0.305 e. The van der Waals surface area contributed by atoms with Crippen LogP contribution in [0.15, 0.2) is 0 Å². The zero-order valence-electron chi connectivity index (χ0n) is 16.9. The molecule has 0 aliphatic carbocycles. The van der Waals surface area contributed by atoms with E-state index in [9.17, 15) is 4.79 Å². The molecule has 0 fully saturated rings. The summed E-state index contributed by atoms with van der Waals surface area (Å²) in [6, 6.07) is 0. The Morgan fingerprint density at radius 1 is 0.667 bits per heavy atom. The van der Waals surface area contributed by atoms with Gasteiger partial charge in [-0.15, -0.1) is 0 Å². The fraction of sp³-hybridized carbons (Fsp3) is 0.955. The molecule has 0 radical (unpaired) electrons. The summed E-state index contributed by atoms with van der Waals surface area (Å²) in [6.07, 6.45) is 19.9. The third kappa shape index (κ3) is 16.3. The van der Waals surface area contributed by atoms with E-state index in [-0.39, 0.29) is 5.97 Å². The Bertz CT molecular complexity index is 263. The van der Waals surface area contributed by atoms with E-state index < -0.39 is 0 Å². The van der Waals surface area contributed by atoms with Gasteiger partial charge in [0.2, 0.25) is 0 Å². The number of carbonyl (C=O) groups excluding carboxylic acids is 1. The third-order valence-electron chi connectivity index (χ3n) is 4.96.